The Morgan fingerprint density at radius 1 is 1.21 bits per heavy atom. The average Bonchev–Trinajstić information content (AvgIpc) is 3.17. The van der Waals surface area contributed by atoms with E-state index in [-0.39, 0.29) is 12.6 Å². The van der Waals surface area contributed by atoms with Crippen molar-refractivity contribution in [2.45, 2.75) is 50.5 Å². The summed E-state index contributed by atoms with van der Waals surface area (Å²) in [4.78, 5) is 12.7. The highest BCUT2D eigenvalue weighted by atomic mass is 16.6. The smallest absolute Gasteiger partial charge is 0.167 e. The molecule has 11 nitrogen and oxygen atoms in total. The van der Waals surface area contributed by atoms with Gasteiger partial charge in [0.1, 0.15) is 37.1 Å². The van der Waals surface area contributed by atoms with Gasteiger partial charge in [0, 0.05) is 6.04 Å². The van der Waals surface area contributed by atoms with Gasteiger partial charge in [-0.3, -0.25) is 4.57 Å². The van der Waals surface area contributed by atoms with E-state index >= 15 is 0 Å². The summed E-state index contributed by atoms with van der Waals surface area (Å²) in [5.74, 6) is 0.791. The van der Waals surface area contributed by atoms with E-state index in [9.17, 15) is 20.4 Å². The molecular weight excluding hydrogens is 370 g/mol. The number of aliphatic hydroxyl groups excluding tert-OH is 5. The van der Waals surface area contributed by atoms with Crippen LogP contribution in [0.25, 0.3) is 11.5 Å². The van der Waals surface area contributed by atoms with Crippen LogP contribution in [0.4, 0.5) is 5.82 Å². The summed E-state index contributed by atoms with van der Waals surface area (Å²) in [6, 6.07) is -0.136. The van der Waals surface area contributed by atoms with Crippen LogP contribution in [0.15, 0.2) is 24.3 Å². The largest absolute Gasteiger partial charge is 0.394 e. The second-order valence-electron chi connectivity index (χ2n) is 6.87. The number of ether oxygens (including phenoxy) is 1. The third kappa shape index (κ3) is 3.85. The quantitative estimate of drug-likeness (QED) is 0.317. The number of anilines is 1. The summed E-state index contributed by atoms with van der Waals surface area (Å²) in [5.41, 5.74) is 1.22. The van der Waals surface area contributed by atoms with Crippen molar-refractivity contribution in [1.29, 1.82) is 0 Å². The minimum Gasteiger partial charge on any atom is -0.394 e. The van der Waals surface area contributed by atoms with Crippen molar-refractivity contribution in [1.82, 2.24) is 19.5 Å². The number of rotatable bonds is 6. The van der Waals surface area contributed by atoms with E-state index in [2.05, 4.69) is 20.3 Å². The minimum absolute atomic E-state index is 0.0447. The van der Waals surface area contributed by atoms with Gasteiger partial charge >= 0.3 is 0 Å². The molecule has 3 rings (SSSR count). The Bertz CT molecular complexity index is 796. The van der Waals surface area contributed by atoms with Crippen LogP contribution < -0.4 is 5.32 Å². The highest BCUT2D eigenvalue weighted by Gasteiger charge is 2.45. The number of fused-ring (bicyclic) bond motifs is 1. The highest BCUT2D eigenvalue weighted by molar-refractivity contribution is 5.67. The highest BCUT2D eigenvalue weighted by Crippen LogP contribution is 2.33. The average molecular weight is 395 g/mol. The van der Waals surface area contributed by atoms with Crippen molar-refractivity contribution in [2.75, 3.05) is 18.5 Å². The van der Waals surface area contributed by atoms with Gasteiger partial charge in [0.15, 0.2) is 23.6 Å². The van der Waals surface area contributed by atoms with E-state index in [1.807, 2.05) is 19.9 Å². The van der Waals surface area contributed by atoms with Gasteiger partial charge in [-0.2, -0.15) is 0 Å². The molecule has 3 heterocycles. The van der Waals surface area contributed by atoms with Gasteiger partial charge in [-0.15, -0.1) is 0 Å². The molecule has 0 amide bonds. The fourth-order valence-corrected chi connectivity index (χ4v) is 3.19. The number of nitrogens with zero attached hydrogens (tertiary/aromatic N) is 4. The molecule has 0 aromatic rings. The number of hydrogen-bond donors (Lipinski definition) is 6. The molecule has 0 aromatic carbocycles. The second kappa shape index (κ2) is 8.47. The molecule has 0 spiro atoms. The Hall–Kier alpha value is -2.15. The molecule has 2 unspecified atom stereocenters. The molecule has 1 saturated heterocycles. The molecule has 28 heavy (non-hydrogen) atoms. The first-order valence-electron chi connectivity index (χ1n) is 8.90. The van der Waals surface area contributed by atoms with Crippen molar-refractivity contribution in [3.8, 4) is 11.5 Å². The summed E-state index contributed by atoms with van der Waals surface area (Å²) in [6.07, 6.45) is -2.03. The van der Waals surface area contributed by atoms with Gasteiger partial charge in [-0.05, 0) is 13.8 Å². The van der Waals surface area contributed by atoms with Gasteiger partial charge in [-0.1, -0.05) is 11.6 Å². The number of aliphatic hydroxyl groups is 5. The third-order valence-electron chi connectivity index (χ3n) is 4.65. The number of imidazole rings is 1. The van der Waals surface area contributed by atoms with E-state index < -0.39 is 37.3 Å². The summed E-state index contributed by atoms with van der Waals surface area (Å²) in [7, 11) is 0. The van der Waals surface area contributed by atoms with E-state index in [0.717, 1.165) is 5.57 Å². The minimum atomic E-state index is -1.51. The lowest BCUT2D eigenvalue weighted by atomic mass is 9.98. The predicted molar refractivity (Wildman–Crippen MR) is 97.4 cm³/mol. The monoisotopic (exact) mass is 395 g/mol. The van der Waals surface area contributed by atoms with Gasteiger partial charge in [0.25, 0.3) is 0 Å². The molecule has 11 heteroatoms. The Morgan fingerprint density at radius 3 is 2.64 bits per heavy atom. The zero-order valence-electron chi connectivity index (χ0n) is 15.5. The summed E-state index contributed by atoms with van der Waals surface area (Å²) < 4.78 is 6.97. The maximum Gasteiger partial charge on any atom is 0.167 e. The fraction of sp³-hybridized carbons (Fsp3) is 0.588. The topological polar surface area (TPSA) is 166 Å². The number of nitrogens with one attached hydrogen (secondary N) is 1. The lowest BCUT2D eigenvalue weighted by Gasteiger charge is -2.41. The Labute approximate surface area is 161 Å². The lowest BCUT2D eigenvalue weighted by Crippen LogP contribution is -2.56. The summed E-state index contributed by atoms with van der Waals surface area (Å²) >= 11 is 0. The zero-order valence-corrected chi connectivity index (χ0v) is 15.5. The first kappa shape index (κ1) is 20.6. The molecule has 0 aliphatic carbocycles. The van der Waals surface area contributed by atoms with Crippen molar-refractivity contribution < 1.29 is 30.3 Å². The molecule has 3 aliphatic heterocycles. The zero-order chi connectivity index (χ0) is 20.4. The standard InChI is InChI=1S/C17H25N5O6/c1-8(4-23)3-9(2)21-15-11-16(19-6-18-11)22(7-20-15)17-14(27)13(26)12(25)10(5-24)28-17/h3,6-7,9-10,12-14,17,21,23-27H,4-5H2,1-2H3/b8-3+/t9?,10-,12-,13+,14-,17?/m1/s1. The predicted octanol–water partition coefficient (Wildman–Crippen LogP) is -1.51. The number of aromatic nitrogens is 4. The molecule has 1 fully saturated rings. The van der Waals surface area contributed by atoms with E-state index in [1.165, 1.54) is 17.2 Å². The van der Waals surface area contributed by atoms with E-state index in [4.69, 9.17) is 9.84 Å². The molecule has 6 N–H and O–H groups in total. The molecule has 154 valence electrons. The van der Waals surface area contributed by atoms with Gasteiger partial charge in [0.05, 0.1) is 13.2 Å². The summed E-state index contributed by atoms with van der Waals surface area (Å²) in [5, 5.41) is 52.0. The summed E-state index contributed by atoms with van der Waals surface area (Å²) in [6.45, 7) is 3.12. The van der Waals surface area contributed by atoms with Gasteiger partial charge in [0.2, 0.25) is 0 Å². The maximum absolute atomic E-state index is 10.4. The van der Waals surface area contributed by atoms with Crippen LogP contribution in [0.3, 0.4) is 0 Å². The van der Waals surface area contributed by atoms with Crippen molar-refractivity contribution in [2.24, 2.45) is 0 Å². The van der Waals surface area contributed by atoms with E-state index in [1.54, 1.807) is 0 Å². The molecular formula is C17H25N5O6. The second-order valence-corrected chi connectivity index (χ2v) is 6.87. The molecule has 6 atom stereocenters. The Kier molecular flexibility index (Phi) is 6.23. The molecule has 0 bridgehead atoms. The normalized spacial score (nSPS) is 29.8. The van der Waals surface area contributed by atoms with Crippen molar-refractivity contribution in [3.63, 3.8) is 0 Å². The molecule has 0 saturated carbocycles. The van der Waals surface area contributed by atoms with Crippen LogP contribution in [-0.2, 0) is 4.74 Å². The van der Waals surface area contributed by atoms with Crippen LogP contribution in [0, 0.1) is 0 Å². The molecule has 0 aromatic heterocycles. The maximum atomic E-state index is 10.4. The van der Waals surface area contributed by atoms with Crippen LogP contribution in [0.5, 0.6) is 0 Å². The third-order valence-corrected chi connectivity index (χ3v) is 4.65. The number of hydrogen-bond acceptors (Lipinski definition) is 10. The van der Waals surface area contributed by atoms with Crippen molar-refractivity contribution in [3.05, 3.63) is 24.3 Å². The SMILES string of the molecule is C/C(=C\C(C)Nc1ncn(C2O[C@H](CO)[C@@H](O)[C@H](O)[C@H]2O)c2ncnc1-2)CO. The van der Waals surface area contributed by atoms with Crippen molar-refractivity contribution >= 4 is 5.82 Å². The Balaban J connectivity index is 1.91. The fourth-order valence-electron chi connectivity index (χ4n) is 3.19. The molecule has 0 radical (unpaired) electrons. The first-order chi connectivity index (χ1) is 13.4. The molecule has 3 aliphatic rings. The Morgan fingerprint density at radius 2 is 1.96 bits per heavy atom. The van der Waals surface area contributed by atoms with Gasteiger partial charge < -0.3 is 35.6 Å². The van der Waals surface area contributed by atoms with Crippen LogP contribution in [-0.4, -0.2) is 88.7 Å². The van der Waals surface area contributed by atoms with Gasteiger partial charge in [-0.25, -0.2) is 15.0 Å². The van der Waals surface area contributed by atoms with E-state index in [0.29, 0.717) is 17.3 Å². The van der Waals surface area contributed by atoms with Crippen LogP contribution in [0.2, 0.25) is 0 Å². The van der Waals surface area contributed by atoms with Crippen LogP contribution >= 0.6 is 0 Å². The van der Waals surface area contributed by atoms with Crippen LogP contribution in [0.1, 0.15) is 20.1 Å². The lowest BCUT2D eigenvalue weighted by molar-refractivity contribution is -0.251. The first-order valence-corrected chi connectivity index (χ1v) is 8.90.